The van der Waals surface area contributed by atoms with E-state index in [9.17, 15) is 0 Å². The van der Waals surface area contributed by atoms with E-state index in [1.807, 2.05) is 13.8 Å². The molecule has 3 N–H and O–H groups in total. The van der Waals surface area contributed by atoms with Crippen LogP contribution in [0.4, 0.5) is 0 Å². The van der Waals surface area contributed by atoms with Crippen molar-refractivity contribution in [3.8, 4) is 0 Å². The summed E-state index contributed by atoms with van der Waals surface area (Å²) in [7, 11) is 2.17. The summed E-state index contributed by atoms with van der Waals surface area (Å²) >= 11 is 0. The van der Waals surface area contributed by atoms with Crippen molar-refractivity contribution in [2.24, 2.45) is 5.73 Å². The lowest BCUT2D eigenvalue weighted by atomic mass is 10.3. The van der Waals surface area contributed by atoms with Crippen LogP contribution in [0.5, 0.6) is 0 Å². The van der Waals surface area contributed by atoms with E-state index in [4.69, 9.17) is 5.73 Å². The molecule has 0 aromatic rings. The summed E-state index contributed by atoms with van der Waals surface area (Å²) in [6.45, 7) is 20.1. The summed E-state index contributed by atoms with van der Waals surface area (Å²) in [5.41, 5.74) is 5.11. The first kappa shape index (κ1) is 23.1. The van der Waals surface area contributed by atoms with E-state index in [-0.39, 0.29) is 0 Å². The molecular formula is C17H42N4. The van der Waals surface area contributed by atoms with Gasteiger partial charge in [-0.2, -0.15) is 0 Å². The fourth-order valence-electron chi connectivity index (χ4n) is 2.07. The van der Waals surface area contributed by atoms with Crippen LogP contribution in [0, 0.1) is 0 Å². The number of nitrogens with one attached hydrogen (secondary N) is 1. The molecule has 1 aliphatic heterocycles. The van der Waals surface area contributed by atoms with Crippen LogP contribution in [0.3, 0.4) is 0 Å². The number of nitrogens with two attached hydrogens (primary N) is 1. The zero-order valence-electron chi connectivity index (χ0n) is 15.8. The van der Waals surface area contributed by atoms with Crippen LogP contribution in [-0.4, -0.2) is 68.2 Å². The highest BCUT2D eigenvalue weighted by Gasteiger charge is 2.11. The Labute approximate surface area is 134 Å². The van der Waals surface area contributed by atoms with Gasteiger partial charge >= 0.3 is 0 Å². The van der Waals surface area contributed by atoms with Gasteiger partial charge in [-0.05, 0) is 52.9 Å². The first-order chi connectivity index (χ1) is 9.84. The van der Waals surface area contributed by atoms with E-state index >= 15 is 0 Å². The average molecular weight is 303 g/mol. The molecular weight excluding hydrogens is 260 g/mol. The van der Waals surface area contributed by atoms with Gasteiger partial charge in [-0.1, -0.05) is 27.7 Å². The van der Waals surface area contributed by atoms with Crippen LogP contribution in [-0.2, 0) is 0 Å². The summed E-state index contributed by atoms with van der Waals surface area (Å²) in [6, 6.07) is 1.06. The van der Waals surface area contributed by atoms with Gasteiger partial charge in [0.05, 0.1) is 0 Å². The van der Waals surface area contributed by atoms with Gasteiger partial charge in [-0.15, -0.1) is 0 Å². The summed E-state index contributed by atoms with van der Waals surface area (Å²) in [4.78, 5) is 4.86. The second-order valence-corrected chi connectivity index (χ2v) is 6.43. The van der Waals surface area contributed by atoms with E-state index in [0.29, 0.717) is 6.04 Å². The standard InChI is InChI=1S/C7H16N2.C7H17N.C3H9N/c1-7(2)9-5-3-8-4-6-9;1-4-6-8(3)7-5-2;1-3(2)4/h7-8H,3-6H2,1-2H3;4-7H2,1-3H3;3H,4H2,1-2H3. The second kappa shape index (κ2) is 16.2. The van der Waals surface area contributed by atoms with Crippen molar-refractivity contribution >= 4 is 0 Å². The predicted octanol–water partition coefficient (Wildman–Crippen LogP) is 2.39. The van der Waals surface area contributed by atoms with Gasteiger partial charge in [0.2, 0.25) is 0 Å². The van der Waals surface area contributed by atoms with E-state index < -0.39 is 0 Å². The lowest BCUT2D eigenvalue weighted by Crippen LogP contribution is -2.46. The quantitative estimate of drug-likeness (QED) is 0.818. The fraction of sp³-hybridized carbons (Fsp3) is 1.00. The van der Waals surface area contributed by atoms with Crippen molar-refractivity contribution < 1.29 is 0 Å². The Hall–Kier alpha value is -0.160. The van der Waals surface area contributed by atoms with Gasteiger partial charge in [0.1, 0.15) is 0 Å². The minimum Gasteiger partial charge on any atom is -0.328 e. The Balaban J connectivity index is 0. The molecule has 0 aromatic heterocycles. The highest BCUT2D eigenvalue weighted by molar-refractivity contribution is 4.69. The molecule has 0 atom stereocenters. The third kappa shape index (κ3) is 19.8. The molecule has 0 unspecified atom stereocenters. The molecule has 1 rings (SSSR count). The van der Waals surface area contributed by atoms with E-state index in [1.165, 1.54) is 39.0 Å². The van der Waals surface area contributed by atoms with Crippen LogP contribution in [0.25, 0.3) is 0 Å². The number of piperazine rings is 1. The Morgan fingerprint density at radius 2 is 1.38 bits per heavy atom. The van der Waals surface area contributed by atoms with Crippen molar-refractivity contribution in [1.82, 2.24) is 15.1 Å². The van der Waals surface area contributed by atoms with E-state index in [0.717, 1.165) is 19.1 Å². The van der Waals surface area contributed by atoms with Crippen molar-refractivity contribution in [3.63, 3.8) is 0 Å². The third-order valence-corrected chi connectivity index (χ3v) is 3.09. The highest BCUT2D eigenvalue weighted by atomic mass is 15.2. The fourth-order valence-corrected chi connectivity index (χ4v) is 2.07. The molecule has 4 heteroatoms. The molecule has 4 nitrogen and oxygen atoms in total. The Morgan fingerprint density at radius 3 is 1.62 bits per heavy atom. The normalized spacial score (nSPS) is 15.6. The summed E-state index contributed by atoms with van der Waals surface area (Å²) in [6.07, 6.45) is 2.55. The van der Waals surface area contributed by atoms with Crippen LogP contribution in [0.15, 0.2) is 0 Å². The van der Waals surface area contributed by atoms with E-state index in [2.05, 4.69) is 49.9 Å². The Morgan fingerprint density at radius 1 is 1.00 bits per heavy atom. The maximum atomic E-state index is 5.11. The van der Waals surface area contributed by atoms with Gasteiger partial charge < -0.3 is 16.0 Å². The maximum absolute atomic E-state index is 5.11. The second-order valence-electron chi connectivity index (χ2n) is 6.43. The van der Waals surface area contributed by atoms with Crippen molar-refractivity contribution in [3.05, 3.63) is 0 Å². The number of nitrogens with zero attached hydrogens (tertiary/aromatic N) is 2. The van der Waals surface area contributed by atoms with Crippen LogP contribution >= 0.6 is 0 Å². The van der Waals surface area contributed by atoms with Crippen molar-refractivity contribution in [2.75, 3.05) is 46.3 Å². The molecule has 0 radical (unpaired) electrons. The van der Waals surface area contributed by atoms with Gasteiger partial charge in [-0.25, -0.2) is 0 Å². The molecule has 0 spiro atoms. The van der Waals surface area contributed by atoms with Crippen LogP contribution < -0.4 is 11.1 Å². The first-order valence-corrected chi connectivity index (χ1v) is 8.73. The molecule has 0 saturated carbocycles. The van der Waals surface area contributed by atoms with Crippen molar-refractivity contribution in [1.29, 1.82) is 0 Å². The van der Waals surface area contributed by atoms with E-state index in [1.54, 1.807) is 0 Å². The number of hydrogen-bond donors (Lipinski definition) is 2. The van der Waals surface area contributed by atoms with Crippen LogP contribution in [0.2, 0.25) is 0 Å². The van der Waals surface area contributed by atoms with Gasteiger partial charge in [-0.3, -0.25) is 4.90 Å². The molecule has 21 heavy (non-hydrogen) atoms. The molecule has 0 aliphatic carbocycles. The molecule has 1 saturated heterocycles. The largest absolute Gasteiger partial charge is 0.328 e. The lowest BCUT2D eigenvalue weighted by Gasteiger charge is -2.30. The molecule has 0 amide bonds. The minimum absolute atomic E-state index is 0.333. The summed E-state index contributed by atoms with van der Waals surface area (Å²) in [5, 5.41) is 3.33. The smallest absolute Gasteiger partial charge is 0.0110 e. The van der Waals surface area contributed by atoms with Gasteiger partial charge in [0.25, 0.3) is 0 Å². The molecule has 0 aromatic carbocycles. The zero-order chi connectivity index (χ0) is 16.7. The molecule has 1 aliphatic rings. The van der Waals surface area contributed by atoms with Crippen molar-refractivity contribution in [2.45, 2.75) is 66.5 Å². The Bertz CT molecular complexity index is 180. The maximum Gasteiger partial charge on any atom is 0.0110 e. The Kier molecular flexibility index (Phi) is 17.8. The minimum atomic E-state index is 0.333. The van der Waals surface area contributed by atoms with Gasteiger partial charge in [0.15, 0.2) is 0 Å². The monoisotopic (exact) mass is 302 g/mol. The average Bonchev–Trinajstić information content (AvgIpc) is 2.40. The molecule has 1 fully saturated rings. The first-order valence-electron chi connectivity index (χ1n) is 8.73. The number of rotatable bonds is 5. The molecule has 130 valence electrons. The summed E-state index contributed by atoms with van der Waals surface area (Å²) < 4.78 is 0. The SMILES string of the molecule is CC(C)N.CC(C)N1CCNCC1.CCCN(C)CCC. The highest BCUT2D eigenvalue weighted by Crippen LogP contribution is 1.97. The number of hydrogen-bond acceptors (Lipinski definition) is 4. The zero-order valence-corrected chi connectivity index (χ0v) is 15.8. The van der Waals surface area contributed by atoms with Gasteiger partial charge in [0, 0.05) is 32.2 Å². The molecule has 0 bridgehead atoms. The topological polar surface area (TPSA) is 44.5 Å². The molecule has 1 heterocycles. The summed E-state index contributed by atoms with van der Waals surface area (Å²) in [5.74, 6) is 0. The predicted molar refractivity (Wildman–Crippen MR) is 97.0 cm³/mol. The van der Waals surface area contributed by atoms with Crippen LogP contribution in [0.1, 0.15) is 54.4 Å². The third-order valence-electron chi connectivity index (χ3n) is 3.09. The lowest BCUT2D eigenvalue weighted by molar-refractivity contribution is 0.196.